The summed E-state index contributed by atoms with van der Waals surface area (Å²) in [7, 11) is -9.86. The SMILES string of the molecule is CCCCCCCCCCCCCCCC(=O)OC[C@H](COP(=O)(O)OC[C@@H](O)COP(=O)(O)OC[C@@H](COC(=O)CCCCCCC)OC(=O)CCCCCCCCC)OC(=O)CCCCCCCCCCCCCCC. The van der Waals surface area contributed by atoms with E-state index in [-0.39, 0.29) is 25.7 Å². The van der Waals surface area contributed by atoms with E-state index in [1.165, 1.54) is 109 Å². The van der Waals surface area contributed by atoms with Gasteiger partial charge in [-0.25, -0.2) is 9.13 Å². The van der Waals surface area contributed by atoms with E-state index in [1.807, 2.05) is 0 Å². The highest BCUT2D eigenvalue weighted by molar-refractivity contribution is 7.47. The molecule has 0 fully saturated rings. The number of phosphoric ester groups is 2. The number of aliphatic hydroxyl groups excluding tert-OH is 1. The minimum atomic E-state index is -4.94. The fourth-order valence-electron chi connectivity index (χ4n) is 8.75. The van der Waals surface area contributed by atoms with E-state index in [2.05, 4.69) is 27.7 Å². The third-order valence-electron chi connectivity index (χ3n) is 13.6. The maximum Gasteiger partial charge on any atom is 0.472 e. The third kappa shape index (κ3) is 53.4. The molecule has 0 aliphatic carbocycles. The normalized spacial score (nSPS) is 14.3. The van der Waals surface area contributed by atoms with Crippen LogP contribution >= 0.6 is 15.6 Å². The highest BCUT2D eigenvalue weighted by Gasteiger charge is 2.30. The Morgan fingerprint density at radius 2 is 0.513 bits per heavy atom. The van der Waals surface area contributed by atoms with Gasteiger partial charge in [-0.15, -0.1) is 0 Å². The van der Waals surface area contributed by atoms with Crippen LogP contribution in [0.15, 0.2) is 0 Å². The second kappa shape index (κ2) is 54.3. The summed E-state index contributed by atoms with van der Waals surface area (Å²) in [4.78, 5) is 71.6. The van der Waals surface area contributed by atoms with Crippen molar-refractivity contribution in [2.24, 2.45) is 0 Å². The molecule has 19 heteroatoms. The fraction of sp³-hybridized carbons (Fsp3) is 0.932. The first-order valence-corrected chi connectivity index (χ1v) is 34.3. The molecule has 17 nitrogen and oxygen atoms in total. The van der Waals surface area contributed by atoms with E-state index >= 15 is 0 Å². The van der Waals surface area contributed by atoms with Crippen molar-refractivity contribution in [2.75, 3.05) is 39.6 Å². The number of esters is 4. The molecule has 0 aliphatic heterocycles. The Labute approximate surface area is 473 Å². The summed E-state index contributed by atoms with van der Waals surface area (Å²) in [6.07, 6.45) is 38.0. The van der Waals surface area contributed by atoms with E-state index in [9.17, 15) is 43.2 Å². The predicted octanol–water partition coefficient (Wildman–Crippen LogP) is 16.0. The Morgan fingerprint density at radius 1 is 0.308 bits per heavy atom. The lowest BCUT2D eigenvalue weighted by Crippen LogP contribution is -2.30. The second-order valence-electron chi connectivity index (χ2n) is 21.4. The van der Waals surface area contributed by atoms with Crippen molar-refractivity contribution in [3.05, 3.63) is 0 Å². The van der Waals surface area contributed by atoms with Crippen LogP contribution in [-0.2, 0) is 65.4 Å². The fourth-order valence-corrected chi connectivity index (χ4v) is 10.3. The van der Waals surface area contributed by atoms with Gasteiger partial charge in [-0.2, -0.15) is 0 Å². The van der Waals surface area contributed by atoms with Gasteiger partial charge < -0.3 is 33.8 Å². The molecule has 0 spiro atoms. The van der Waals surface area contributed by atoms with Gasteiger partial charge in [0.2, 0.25) is 0 Å². The summed E-state index contributed by atoms with van der Waals surface area (Å²) in [5.74, 6) is -2.15. The Kier molecular flexibility index (Phi) is 53.0. The molecule has 0 amide bonds. The zero-order chi connectivity index (χ0) is 57.6. The summed E-state index contributed by atoms with van der Waals surface area (Å²) >= 11 is 0. The van der Waals surface area contributed by atoms with Crippen molar-refractivity contribution in [3.8, 4) is 0 Å². The molecular weight excluding hydrogens is 1040 g/mol. The average Bonchev–Trinajstić information content (AvgIpc) is 3.41. The van der Waals surface area contributed by atoms with Gasteiger partial charge in [0.15, 0.2) is 12.2 Å². The van der Waals surface area contributed by atoms with E-state index in [0.29, 0.717) is 25.7 Å². The molecule has 0 saturated heterocycles. The van der Waals surface area contributed by atoms with Gasteiger partial charge in [0.05, 0.1) is 26.4 Å². The third-order valence-corrected chi connectivity index (χ3v) is 15.5. The van der Waals surface area contributed by atoms with Gasteiger partial charge in [0.1, 0.15) is 19.3 Å². The topological polar surface area (TPSA) is 237 Å². The number of hydrogen-bond donors (Lipinski definition) is 3. The van der Waals surface area contributed by atoms with Gasteiger partial charge in [-0.05, 0) is 25.7 Å². The van der Waals surface area contributed by atoms with E-state index in [0.717, 1.165) is 109 Å². The van der Waals surface area contributed by atoms with Crippen molar-refractivity contribution in [1.82, 2.24) is 0 Å². The Hall–Kier alpha value is -1.94. The molecule has 0 saturated carbocycles. The van der Waals surface area contributed by atoms with Crippen LogP contribution in [0, 0.1) is 0 Å². The van der Waals surface area contributed by atoms with Gasteiger partial charge >= 0.3 is 39.5 Å². The minimum absolute atomic E-state index is 0.103. The largest absolute Gasteiger partial charge is 0.472 e. The number of carbonyl (C=O) groups excluding carboxylic acids is 4. The number of aliphatic hydroxyl groups is 1. The number of carbonyl (C=O) groups is 4. The van der Waals surface area contributed by atoms with Crippen molar-refractivity contribution >= 4 is 39.5 Å². The monoisotopic (exact) mass is 1160 g/mol. The minimum Gasteiger partial charge on any atom is -0.462 e. The highest BCUT2D eigenvalue weighted by atomic mass is 31.2. The number of hydrogen-bond acceptors (Lipinski definition) is 15. The predicted molar refractivity (Wildman–Crippen MR) is 308 cm³/mol. The van der Waals surface area contributed by atoms with Crippen LogP contribution in [-0.4, -0.2) is 96.7 Å². The van der Waals surface area contributed by atoms with Crippen LogP contribution in [0.25, 0.3) is 0 Å². The van der Waals surface area contributed by atoms with Crippen LogP contribution in [0.2, 0.25) is 0 Å². The molecule has 0 aromatic carbocycles. The van der Waals surface area contributed by atoms with Crippen molar-refractivity contribution in [1.29, 1.82) is 0 Å². The lowest BCUT2D eigenvalue weighted by Gasteiger charge is -2.21. The molecule has 0 heterocycles. The van der Waals surface area contributed by atoms with Gasteiger partial charge in [-0.3, -0.25) is 37.3 Å². The second-order valence-corrected chi connectivity index (χ2v) is 24.3. The number of rotatable bonds is 60. The number of ether oxygens (including phenoxy) is 4. The highest BCUT2D eigenvalue weighted by Crippen LogP contribution is 2.45. The smallest absolute Gasteiger partial charge is 0.462 e. The van der Waals surface area contributed by atoms with Gasteiger partial charge in [-0.1, -0.05) is 246 Å². The zero-order valence-electron chi connectivity index (χ0n) is 49.6. The molecule has 462 valence electrons. The van der Waals surface area contributed by atoms with Gasteiger partial charge in [0, 0.05) is 25.7 Å². The molecular formula is C59H114O17P2. The zero-order valence-corrected chi connectivity index (χ0v) is 51.4. The Balaban J connectivity index is 5.16. The molecule has 3 N–H and O–H groups in total. The van der Waals surface area contributed by atoms with Crippen LogP contribution in [0.1, 0.15) is 297 Å². The summed E-state index contributed by atoms with van der Waals surface area (Å²) in [6, 6.07) is 0. The van der Waals surface area contributed by atoms with Gasteiger partial charge in [0.25, 0.3) is 0 Å². The average molecular weight is 1160 g/mol. The van der Waals surface area contributed by atoms with E-state index in [1.54, 1.807) is 0 Å². The van der Waals surface area contributed by atoms with Crippen LogP contribution < -0.4 is 0 Å². The van der Waals surface area contributed by atoms with Crippen molar-refractivity contribution in [3.63, 3.8) is 0 Å². The number of phosphoric acid groups is 2. The quantitative estimate of drug-likeness (QED) is 0.0222. The molecule has 0 aromatic rings. The Morgan fingerprint density at radius 3 is 0.756 bits per heavy atom. The van der Waals surface area contributed by atoms with Crippen LogP contribution in [0.3, 0.4) is 0 Å². The standard InChI is InChI=1S/C59H114O17P2/c1-5-9-13-17-20-22-24-26-28-30-33-36-40-44-57(62)70-50-55(76-59(64)46-42-38-34-31-29-27-25-23-21-18-14-10-6-2)52-74-78(67,68)72-48-53(60)47-71-77(65,66)73-51-54(49-69-56(61)43-39-35-16-12-8-4)75-58(63)45-41-37-32-19-15-11-7-3/h53-55,60H,5-52H2,1-4H3,(H,65,66)(H,67,68)/t53-,54+,55+/m0/s1. The number of unbranched alkanes of at least 4 members (excludes halogenated alkanes) is 34. The summed E-state index contributed by atoms with van der Waals surface area (Å²) in [5, 5.41) is 10.5. The molecule has 0 aliphatic rings. The summed E-state index contributed by atoms with van der Waals surface area (Å²) in [5.41, 5.74) is 0. The maximum atomic E-state index is 12.9. The first kappa shape index (κ1) is 76.1. The summed E-state index contributed by atoms with van der Waals surface area (Å²) in [6.45, 7) is 4.73. The molecule has 0 rings (SSSR count). The lowest BCUT2D eigenvalue weighted by molar-refractivity contribution is -0.161. The first-order chi connectivity index (χ1) is 37.7. The molecule has 2 unspecified atom stereocenters. The van der Waals surface area contributed by atoms with E-state index in [4.69, 9.17) is 37.0 Å². The summed E-state index contributed by atoms with van der Waals surface area (Å²) < 4.78 is 67.5. The first-order valence-electron chi connectivity index (χ1n) is 31.3. The maximum absolute atomic E-state index is 12.9. The van der Waals surface area contributed by atoms with Crippen LogP contribution in [0.4, 0.5) is 0 Å². The van der Waals surface area contributed by atoms with Crippen molar-refractivity contribution < 1.29 is 80.2 Å². The van der Waals surface area contributed by atoms with E-state index < -0.39 is 97.5 Å². The van der Waals surface area contributed by atoms with Crippen LogP contribution in [0.5, 0.6) is 0 Å². The molecule has 5 atom stereocenters. The lowest BCUT2D eigenvalue weighted by atomic mass is 10.0. The van der Waals surface area contributed by atoms with Crippen molar-refractivity contribution in [2.45, 2.75) is 316 Å². The molecule has 0 bridgehead atoms. The Bertz CT molecular complexity index is 1520. The molecule has 0 aromatic heterocycles. The molecule has 78 heavy (non-hydrogen) atoms. The molecule has 0 radical (unpaired) electrons.